The summed E-state index contributed by atoms with van der Waals surface area (Å²) in [5, 5.41) is 3.20. The summed E-state index contributed by atoms with van der Waals surface area (Å²) in [6.07, 6.45) is 0. The van der Waals surface area contributed by atoms with Crippen molar-refractivity contribution < 1.29 is 9.53 Å². The first kappa shape index (κ1) is 13.4. The Morgan fingerprint density at radius 3 is 2.42 bits per heavy atom. The molecule has 0 saturated carbocycles. The third kappa shape index (κ3) is 2.71. The van der Waals surface area contributed by atoms with Crippen molar-refractivity contribution >= 4 is 17.5 Å². The lowest BCUT2D eigenvalue weighted by Gasteiger charge is -2.11. The summed E-state index contributed by atoms with van der Waals surface area (Å²) >= 11 is 6.21. The molecular formula is C15H14ClNO2. The lowest BCUT2D eigenvalue weighted by atomic mass is 10.0. The van der Waals surface area contributed by atoms with Crippen LogP contribution in [0.25, 0.3) is 11.1 Å². The molecule has 19 heavy (non-hydrogen) atoms. The summed E-state index contributed by atoms with van der Waals surface area (Å²) < 4.78 is 5.32. The van der Waals surface area contributed by atoms with Gasteiger partial charge >= 0.3 is 0 Å². The second-order valence-corrected chi connectivity index (χ2v) is 4.38. The molecular weight excluding hydrogens is 262 g/mol. The second-order valence-electron chi connectivity index (χ2n) is 3.97. The van der Waals surface area contributed by atoms with Gasteiger partial charge < -0.3 is 10.1 Å². The number of hydrogen-bond donors (Lipinski definition) is 1. The van der Waals surface area contributed by atoms with Gasteiger partial charge in [-0.25, -0.2) is 0 Å². The molecule has 0 fully saturated rings. The van der Waals surface area contributed by atoms with E-state index in [0.29, 0.717) is 16.3 Å². The third-order valence-corrected chi connectivity index (χ3v) is 3.17. The average molecular weight is 276 g/mol. The highest BCUT2D eigenvalue weighted by Crippen LogP contribution is 2.36. The third-order valence-electron chi connectivity index (χ3n) is 2.86. The Hall–Kier alpha value is -2.00. The van der Waals surface area contributed by atoms with Gasteiger partial charge in [-0.15, -0.1) is 0 Å². The van der Waals surface area contributed by atoms with Crippen LogP contribution in [0.15, 0.2) is 42.5 Å². The number of carbonyl (C=O) groups is 1. The van der Waals surface area contributed by atoms with E-state index in [1.165, 1.54) is 0 Å². The van der Waals surface area contributed by atoms with Crippen LogP contribution in [0, 0.1) is 0 Å². The molecule has 1 N–H and O–H groups in total. The summed E-state index contributed by atoms with van der Waals surface area (Å²) in [6.45, 7) is 0. The Bertz CT molecular complexity index is 594. The van der Waals surface area contributed by atoms with Gasteiger partial charge in [-0.1, -0.05) is 29.8 Å². The molecule has 3 nitrogen and oxygen atoms in total. The minimum absolute atomic E-state index is 0.113. The standard InChI is InChI=1S/C15H14ClNO2/c1-17-15(18)11-8-6-10(7-9-11)14-12(16)4-3-5-13(14)19-2/h3-9H,1-2H3,(H,17,18). The van der Waals surface area contributed by atoms with Crippen LogP contribution in [0.1, 0.15) is 10.4 Å². The molecule has 0 saturated heterocycles. The van der Waals surface area contributed by atoms with E-state index in [1.807, 2.05) is 30.3 Å². The number of ether oxygens (including phenoxy) is 1. The van der Waals surface area contributed by atoms with Gasteiger partial charge in [0.05, 0.1) is 12.1 Å². The minimum Gasteiger partial charge on any atom is -0.496 e. The maximum Gasteiger partial charge on any atom is 0.251 e. The van der Waals surface area contributed by atoms with Crippen molar-refractivity contribution in [3.8, 4) is 16.9 Å². The molecule has 0 spiro atoms. The number of rotatable bonds is 3. The van der Waals surface area contributed by atoms with Crippen molar-refractivity contribution in [1.82, 2.24) is 5.32 Å². The van der Waals surface area contributed by atoms with Gasteiger partial charge in [0.25, 0.3) is 5.91 Å². The summed E-state index contributed by atoms with van der Waals surface area (Å²) in [4.78, 5) is 11.5. The predicted molar refractivity (Wildman–Crippen MR) is 76.8 cm³/mol. The molecule has 0 heterocycles. The lowest BCUT2D eigenvalue weighted by molar-refractivity contribution is 0.0963. The highest BCUT2D eigenvalue weighted by Gasteiger charge is 2.11. The number of methoxy groups -OCH3 is 1. The van der Waals surface area contributed by atoms with Crippen molar-refractivity contribution in [3.63, 3.8) is 0 Å². The molecule has 2 rings (SSSR count). The Kier molecular flexibility index (Phi) is 4.07. The molecule has 0 aromatic heterocycles. The van der Waals surface area contributed by atoms with E-state index < -0.39 is 0 Å². The van der Waals surface area contributed by atoms with Crippen LogP contribution in [0.2, 0.25) is 5.02 Å². The molecule has 0 bridgehead atoms. The van der Waals surface area contributed by atoms with Crippen molar-refractivity contribution in [2.45, 2.75) is 0 Å². The first-order valence-corrected chi connectivity index (χ1v) is 6.20. The quantitative estimate of drug-likeness (QED) is 0.933. The first-order chi connectivity index (χ1) is 9.17. The van der Waals surface area contributed by atoms with Crippen LogP contribution in [0.5, 0.6) is 5.75 Å². The van der Waals surface area contributed by atoms with Gasteiger partial charge in [0.2, 0.25) is 0 Å². The van der Waals surface area contributed by atoms with E-state index in [-0.39, 0.29) is 5.91 Å². The zero-order valence-electron chi connectivity index (χ0n) is 10.7. The molecule has 0 aliphatic carbocycles. The van der Waals surface area contributed by atoms with E-state index >= 15 is 0 Å². The topological polar surface area (TPSA) is 38.3 Å². The van der Waals surface area contributed by atoms with Gasteiger partial charge in [0, 0.05) is 18.2 Å². The smallest absolute Gasteiger partial charge is 0.251 e. The van der Waals surface area contributed by atoms with Crippen LogP contribution in [0.3, 0.4) is 0 Å². The predicted octanol–water partition coefficient (Wildman–Crippen LogP) is 3.38. The number of halogens is 1. The Morgan fingerprint density at radius 2 is 1.84 bits per heavy atom. The lowest BCUT2D eigenvalue weighted by Crippen LogP contribution is -2.17. The molecule has 2 aromatic carbocycles. The number of amides is 1. The summed E-state index contributed by atoms with van der Waals surface area (Å²) in [7, 11) is 3.21. The van der Waals surface area contributed by atoms with Crippen LogP contribution in [-0.4, -0.2) is 20.1 Å². The number of nitrogens with one attached hydrogen (secondary N) is 1. The van der Waals surface area contributed by atoms with Crippen LogP contribution < -0.4 is 10.1 Å². The van der Waals surface area contributed by atoms with Gasteiger partial charge in [0.1, 0.15) is 5.75 Å². The fourth-order valence-electron chi connectivity index (χ4n) is 1.89. The highest BCUT2D eigenvalue weighted by molar-refractivity contribution is 6.33. The monoisotopic (exact) mass is 275 g/mol. The summed E-state index contributed by atoms with van der Waals surface area (Å²) in [6, 6.07) is 12.7. The van der Waals surface area contributed by atoms with Crippen molar-refractivity contribution in [3.05, 3.63) is 53.1 Å². The molecule has 0 radical (unpaired) electrons. The zero-order chi connectivity index (χ0) is 13.8. The first-order valence-electron chi connectivity index (χ1n) is 5.82. The maximum absolute atomic E-state index is 11.5. The summed E-state index contributed by atoms with van der Waals surface area (Å²) in [5.41, 5.74) is 2.35. The Morgan fingerprint density at radius 1 is 1.16 bits per heavy atom. The molecule has 2 aromatic rings. The molecule has 0 aliphatic heterocycles. The Labute approximate surface area is 117 Å². The fourth-order valence-corrected chi connectivity index (χ4v) is 2.16. The highest BCUT2D eigenvalue weighted by atomic mass is 35.5. The number of carbonyl (C=O) groups excluding carboxylic acids is 1. The van der Waals surface area contributed by atoms with E-state index in [1.54, 1.807) is 26.3 Å². The Balaban J connectivity index is 2.46. The van der Waals surface area contributed by atoms with E-state index in [2.05, 4.69) is 5.32 Å². The normalized spacial score (nSPS) is 10.1. The minimum atomic E-state index is -0.113. The molecule has 1 amide bonds. The van der Waals surface area contributed by atoms with Crippen molar-refractivity contribution in [1.29, 1.82) is 0 Å². The van der Waals surface area contributed by atoms with Crippen molar-refractivity contribution in [2.24, 2.45) is 0 Å². The molecule has 0 atom stereocenters. The van der Waals surface area contributed by atoms with Gasteiger partial charge in [-0.2, -0.15) is 0 Å². The molecule has 0 aliphatic rings. The molecule has 98 valence electrons. The number of hydrogen-bond acceptors (Lipinski definition) is 2. The van der Waals surface area contributed by atoms with E-state index in [9.17, 15) is 4.79 Å². The second kappa shape index (κ2) is 5.76. The SMILES string of the molecule is CNC(=O)c1ccc(-c2c(Cl)cccc2OC)cc1. The fraction of sp³-hybridized carbons (Fsp3) is 0.133. The van der Waals surface area contributed by atoms with E-state index in [4.69, 9.17) is 16.3 Å². The van der Waals surface area contributed by atoms with Crippen molar-refractivity contribution in [2.75, 3.05) is 14.2 Å². The van der Waals surface area contributed by atoms with Gasteiger partial charge in [0.15, 0.2) is 0 Å². The number of benzene rings is 2. The molecule has 4 heteroatoms. The van der Waals surface area contributed by atoms with Gasteiger partial charge in [-0.3, -0.25) is 4.79 Å². The van der Waals surface area contributed by atoms with Gasteiger partial charge in [-0.05, 0) is 29.8 Å². The average Bonchev–Trinajstić information content (AvgIpc) is 2.46. The summed E-state index contributed by atoms with van der Waals surface area (Å²) in [5.74, 6) is 0.595. The van der Waals surface area contributed by atoms with E-state index in [0.717, 1.165) is 11.1 Å². The van der Waals surface area contributed by atoms with Crippen LogP contribution >= 0.6 is 11.6 Å². The maximum atomic E-state index is 11.5. The largest absolute Gasteiger partial charge is 0.496 e. The van der Waals surface area contributed by atoms with Crippen LogP contribution in [0.4, 0.5) is 0 Å². The van der Waals surface area contributed by atoms with Crippen LogP contribution in [-0.2, 0) is 0 Å². The molecule has 0 unspecified atom stereocenters. The zero-order valence-corrected chi connectivity index (χ0v) is 11.5.